The number of morpholine rings is 1. The standard InChI is InChI=1S/C15H19N3OS/c1-11-8-18(9-13-7-17-15(16)20-13)10-14(19-11)12-5-3-2-4-6-12/h2-7,11,14H,8-10H2,1H3,(H2,16,17). The maximum atomic E-state index is 6.07. The van der Waals surface area contributed by atoms with Gasteiger partial charge in [-0.15, -0.1) is 11.3 Å². The van der Waals surface area contributed by atoms with Crippen LogP contribution < -0.4 is 5.73 Å². The third-order valence-corrected chi connectivity index (χ3v) is 4.27. The van der Waals surface area contributed by atoms with Crippen molar-refractivity contribution in [3.63, 3.8) is 0 Å². The Morgan fingerprint density at radius 3 is 2.85 bits per heavy atom. The zero-order valence-corrected chi connectivity index (χ0v) is 12.3. The summed E-state index contributed by atoms with van der Waals surface area (Å²) in [6.45, 7) is 4.88. The minimum absolute atomic E-state index is 0.144. The Balaban J connectivity index is 1.70. The number of rotatable bonds is 3. The van der Waals surface area contributed by atoms with Crippen LogP contribution in [0.25, 0.3) is 0 Å². The molecule has 1 aromatic heterocycles. The number of aromatic nitrogens is 1. The van der Waals surface area contributed by atoms with Gasteiger partial charge >= 0.3 is 0 Å². The molecule has 1 saturated heterocycles. The van der Waals surface area contributed by atoms with Gasteiger partial charge in [-0.05, 0) is 12.5 Å². The zero-order valence-electron chi connectivity index (χ0n) is 11.5. The molecular formula is C15H19N3OS. The quantitative estimate of drug-likeness (QED) is 0.944. The van der Waals surface area contributed by atoms with E-state index in [9.17, 15) is 0 Å². The topological polar surface area (TPSA) is 51.4 Å². The van der Waals surface area contributed by atoms with E-state index in [0.717, 1.165) is 19.6 Å². The monoisotopic (exact) mass is 289 g/mol. The van der Waals surface area contributed by atoms with Gasteiger partial charge in [-0.1, -0.05) is 30.3 Å². The van der Waals surface area contributed by atoms with Gasteiger partial charge < -0.3 is 10.5 Å². The molecular weight excluding hydrogens is 270 g/mol. The molecule has 1 aromatic carbocycles. The van der Waals surface area contributed by atoms with Crippen molar-refractivity contribution < 1.29 is 4.74 Å². The van der Waals surface area contributed by atoms with Gasteiger partial charge in [-0.25, -0.2) is 4.98 Å². The van der Waals surface area contributed by atoms with Crippen molar-refractivity contribution in [2.45, 2.75) is 25.7 Å². The van der Waals surface area contributed by atoms with Crippen LogP contribution in [0.1, 0.15) is 23.5 Å². The molecule has 2 atom stereocenters. The maximum absolute atomic E-state index is 6.07. The summed E-state index contributed by atoms with van der Waals surface area (Å²) in [7, 11) is 0. The van der Waals surface area contributed by atoms with E-state index in [0.29, 0.717) is 5.13 Å². The molecule has 5 heteroatoms. The summed E-state index contributed by atoms with van der Waals surface area (Å²) in [5.41, 5.74) is 6.94. The summed E-state index contributed by atoms with van der Waals surface area (Å²) in [6, 6.07) is 10.4. The molecule has 0 saturated carbocycles. The first kappa shape index (κ1) is 13.5. The Morgan fingerprint density at radius 1 is 1.35 bits per heavy atom. The van der Waals surface area contributed by atoms with Crippen LogP contribution in [0.15, 0.2) is 36.5 Å². The fourth-order valence-electron chi connectivity index (χ4n) is 2.64. The van der Waals surface area contributed by atoms with Crippen LogP contribution in [0.5, 0.6) is 0 Å². The molecule has 4 nitrogen and oxygen atoms in total. The summed E-state index contributed by atoms with van der Waals surface area (Å²) < 4.78 is 6.07. The Bertz CT molecular complexity index is 557. The van der Waals surface area contributed by atoms with Crippen LogP contribution in [0.3, 0.4) is 0 Å². The molecule has 0 aliphatic carbocycles. The van der Waals surface area contributed by atoms with E-state index in [1.165, 1.54) is 10.4 Å². The first-order valence-corrected chi connectivity index (χ1v) is 7.65. The second kappa shape index (κ2) is 5.91. The van der Waals surface area contributed by atoms with Gasteiger partial charge in [0.05, 0.1) is 12.2 Å². The summed E-state index contributed by atoms with van der Waals surface area (Å²) in [5.74, 6) is 0. The number of anilines is 1. The highest BCUT2D eigenvalue weighted by molar-refractivity contribution is 7.15. The Hall–Kier alpha value is -1.43. The van der Waals surface area contributed by atoms with E-state index in [1.54, 1.807) is 11.3 Å². The van der Waals surface area contributed by atoms with Crippen molar-refractivity contribution in [3.05, 3.63) is 47.0 Å². The summed E-state index contributed by atoms with van der Waals surface area (Å²) in [6.07, 6.45) is 2.25. The molecule has 0 bridgehead atoms. The summed E-state index contributed by atoms with van der Waals surface area (Å²) in [4.78, 5) is 7.74. The molecule has 0 amide bonds. The van der Waals surface area contributed by atoms with Crippen LogP contribution in [-0.2, 0) is 11.3 Å². The molecule has 2 N–H and O–H groups in total. The summed E-state index contributed by atoms with van der Waals surface area (Å²) >= 11 is 1.56. The summed E-state index contributed by atoms with van der Waals surface area (Å²) in [5, 5.41) is 0.640. The van der Waals surface area contributed by atoms with Crippen LogP contribution in [-0.4, -0.2) is 29.1 Å². The largest absolute Gasteiger partial charge is 0.375 e. The van der Waals surface area contributed by atoms with Crippen LogP contribution in [0.2, 0.25) is 0 Å². The fraction of sp³-hybridized carbons (Fsp3) is 0.400. The fourth-order valence-corrected chi connectivity index (χ4v) is 3.36. The van der Waals surface area contributed by atoms with Crippen molar-refractivity contribution in [3.8, 4) is 0 Å². The predicted molar refractivity (Wildman–Crippen MR) is 81.5 cm³/mol. The molecule has 0 spiro atoms. The van der Waals surface area contributed by atoms with Crippen molar-refractivity contribution in [2.24, 2.45) is 0 Å². The minimum atomic E-state index is 0.144. The molecule has 106 valence electrons. The van der Waals surface area contributed by atoms with Crippen molar-refractivity contribution in [2.75, 3.05) is 18.8 Å². The third-order valence-electron chi connectivity index (χ3n) is 3.46. The highest BCUT2D eigenvalue weighted by Crippen LogP contribution is 2.27. The predicted octanol–water partition coefficient (Wildman–Crippen LogP) is 2.69. The Kier molecular flexibility index (Phi) is 4.00. The highest BCUT2D eigenvalue weighted by Gasteiger charge is 2.26. The van der Waals surface area contributed by atoms with Gasteiger partial charge in [0.25, 0.3) is 0 Å². The van der Waals surface area contributed by atoms with Crippen LogP contribution >= 0.6 is 11.3 Å². The van der Waals surface area contributed by atoms with Crippen molar-refractivity contribution in [1.82, 2.24) is 9.88 Å². The second-order valence-electron chi connectivity index (χ2n) is 5.20. The first-order valence-electron chi connectivity index (χ1n) is 6.83. The number of benzene rings is 1. The van der Waals surface area contributed by atoms with Crippen molar-refractivity contribution in [1.29, 1.82) is 0 Å². The molecule has 2 unspecified atom stereocenters. The van der Waals surface area contributed by atoms with Gasteiger partial charge in [0.1, 0.15) is 0 Å². The number of hydrogen-bond donors (Lipinski definition) is 1. The van der Waals surface area contributed by atoms with Gasteiger partial charge in [-0.2, -0.15) is 0 Å². The van der Waals surface area contributed by atoms with Crippen LogP contribution in [0.4, 0.5) is 5.13 Å². The SMILES string of the molecule is CC1CN(Cc2cnc(N)s2)CC(c2ccccc2)O1. The normalized spacial score (nSPS) is 23.9. The van der Waals surface area contributed by atoms with E-state index in [-0.39, 0.29) is 12.2 Å². The Morgan fingerprint density at radius 2 is 2.15 bits per heavy atom. The van der Waals surface area contributed by atoms with Gasteiger partial charge in [-0.3, -0.25) is 4.90 Å². The lowest BCUT2D eigenvalue weighted by Gasteiger charge is -2.36. The molecule has 1 aliphatic heterocycles. The molecule has 20 heavy (non-hydrogen) atoms. The number of hydrogen-bond acceptors (Lipinski definition) is 5. The van der Waals surface area contributed by atoms with E-state index < -0.39 is 0 Å². The van der Waals surface area contributed by atoms with Crippen molar-refractivity contribution >= 4 is 16.5 Å². The van der Waals surface area contributed by atoms with Gasteiger partial charge in [0.15, 0.2) is 5.13 Å². The number of nitrogen functional groups attached to an aromatic ring is 1. The average molecular weight is 289 g/mol. The Labute approximate surface area is 123 Å². The third kappa shape index (κ3) is 3.17. The molecule has 1 aliphatic rings. The first-order chi connectivity index (χ1) is 9.70. The minimum Gasteiger partial charge on any atom is -0.375 e. The number of nitrogens with two attached hydrogens (primary N) is 1. The highest BCUT2D eigenvalue weighted by atomic mass is 32.1. The molecule has 1 fully saturated rings. The maximum Gasteiger partial charge on any atom is 0.180 e. The average Bonchev–Trinajstić information content (AvgIpc) is 2.84. The molecule has 2 heterocycles. The molecule has 2 aromatic rings. The lowest BCUT2D eigenvalue weighted by molar-refractivity contribution is -0.0811. The lowest BCUT2D eigenvalue weighted by Crippen LogP contribution is -2.42. The van der Waals surface area contributed by atoms with Gasteiger partial charge in [0.2, 0.25) is 0 Å². The zero-order chi connectivity index (χ0) is 13.9. The van der Waals surface area contributed by atoms with Crippen LogP contribution in [0, 0.1) is 0 Å². The number of nitrogens with zero attached hydrogens (tertiary/aromatic N) is 2. The molecule has 3 rings (SSSR count). The van der Waals surface area contributed by atoms with E-state index in [1.807, 2.05) is 12.3 Å². The smallest absolute Gasteiger partial charge is 0.180 e. The van der Waals surface area contributed by atoms with E-state index >= 15 is 0 Å². The number of thiazole rings is 1. The number of ether oxygens (including phenoxy) is 1. The van der Waals surface area contributed by atoms with E-state index in [2.05, 4.69) is 41.1 Å². The van der Waals surface area contributed by atoms with Gasteiger partial charge in [0, 0.05) is 30.7 Å². The molecule has 0 radical (unpaired) electrons. The second-order valence-corrected chi connectivity index (χ2v) is 6.35. The lowest BCUT2D eigenvalue weighted by atomic mass is 10.1. The van der Waals surface area contributed by atoms with E-state index in [4.69, 9.17) is 10.5 Å².